The van der Waals surface area contributed by atoms with Crippen LogP contribution < -0.4 is 15.8 Å². The van der Waals surface area contributed by atoms with Gasteiger partial charge in [0, 0.05) is 11.6 Å². The molecule has 2 aromatic rings. The van der Waals surface area contributed by atoms with Crippen LogP contribution in [0.5, 0.6) is 23.0 Å². The number of carbonyl (C=O) groups is 2. The second-order valence-electron chi connectivity index (χ2n) is 5.55. The number of carboxylic acids is 2. The number of hydrogen-bond acceptors (Lipinski definition) is 7. The maximum Gasteiger partial charge on any atom is 0.325 e. The van der Waals surface area contributed by atoms with Crippen LogP contribution in [0.1, 0.15) is 23.2 Å². The third-order valence-electron chi connectivity index (χ3n) is 3.74. The standard InChI is InChI=1S/C17H17ClN2O7/c1-20-15(17(25)26)7-2-3-10(21)12(4-7)27-8-5-9(14(19)16(23)24)13(18)11(22)6-8/h2-6,14-15,20-22H,19H2,1H3,(H,23,24)(H,25,26)/t14-,15+/m0/s1. The van der Waals surface area contributed by atoms with Crippen LogP contribution >= 0.6 is 11.6 Å². The summed E-state index contributed by atoms with van der Waals surface area (Å²) < 4.78 is 5.49. The van der Waals surface area contributed by atoms with Crippen molar-refractivity contribution in [3.8, 4) is 23.0 Å². The largest absolute Gasteiger partial charge is 0.506 e. The van der Waals surface area contributed by atoms with E-state index in [-0.39, 0.29) is 27.8 Å². The summed E-state index contributed by atoms with van der Waals surface area (Å²) in [7, 11) is 1.46. The van der Waals surface area contributed by atoms with Gasteiger partial charge in [0.05, 0.1) is 5.02 Å². The molecule has 10 heteroatoms. The van der Waals surface area contributed by atoms with Gasteiger partial charge in [-0.05, 0) is 30.8 Å². The molecule has 0 aromatic heterocycles. The van der Waals surface area contributed by atoms with Gasteiger partial charge in [0.25, 0.3) is 0 Å². The first kappa shape index (κ1) is 20.3. The van der Waals surface area contributed by atoms with Crippen molar-refractivity contribution >= 4 is 23.5 Å². The molecule has 27 heavy (non-hydrogen) atoms. The van der Waals surface area contributed by atoms with Crippen molar-refractivity contribution < 1.29 is 34.8 Å². The molecule has 0 unspecified atom stereocenters. The molecule has 9 nitrogen and oxygen atoms in total. The Morgan fingerprint density at radius 3 is 2.33 bits per heavy atom. The minimum Gasteiger partial charge on any atom is -0.506 e. The van der Waals surface area contributed by atoms with Gasteiger partial charge in [-0.25, -0.2) is 0 Å². The Morgan fingerprint density at radius 2 is 1.78 bits per heavy atom. The molecule has 0 fully saturated rings. The highest BCUT2D eigenvalue weighted by atomic mass is 35.5. The number of rotatable bonds is 7. The summed E-state index contributed by atoms with van der Waals surface area (Å²) in [4.78, 5) is 22.4. The van der Waals surface area contributed by atoms with Gasteiger partial charge in [0.2, 0.25) is 0 Å². The summed E-state index contributed by atoms with van der Waals surface area (Å²) in [5.74, 6) is -3.41. The lowest BCUT2D eigenvalue weighted by molar-refractivity contribution is -0.140. The van der Waals surface area contributed by atoms with Gasteiger partial charge >= 0.3 is 11.9 Å². The monoisotopic (exact) mass is 396 g/mol. The number of aliphatic carboxylic acids is 2. The summed E-state index contributed by atoms with van der Waals surface area (Å²) in [5.41, 5.74) is 5.76. The highest BCUT2D eigenvalue weighted by Crippen LogP contribution is 2.39. The minimum absolute atomic E-state index is 0.0487. The molecular weight excluding hydrogens is 380 g/mol. The second-order valence-corrected chi connectivity index (χ2v) is 5.93. The average molecular weight is 397 g/mol. The lowest BCUT2D eigenvalue weighted by Gasteiger charge is -2.16. The van der Waals surface area contributed by atoms with Gasteiger partial charge in [-0.1, -0.05) is 17.7 Å². The number of benzene rings is 2. The first-order chi connectivity index (χ1) is 12.6. The first-order valence-corrected chi connectivity index (χ1v) is 7.95. The van der Waals surface area contributed by atoms with Crippen LogP contribution in [0.25, 0.3) is 0 Å². The van der Waals surface area contributed by atoms with Crippen molar-refractivity contribution in [3.05, 3.63) is 46.5 Å². The number of aromatic hydroxyl groups is 2. The van der Waals surface area contributed by atoms with Gasteiger partial charge in [0.15, 0.2) is 11.5 Å². The Bertz CT molecular complexity index is 888. The van der Waals surface area contributed by atoms with Gasteiger partial charge in [-0.15, -0.1) is 0 Å². The van der Waals surface area contributed by atoms with E-state index in [9.17, 15) is 24.9 Å². The van der Waals surface area contributed by atoms with Crippen molar-refractivity contribution in [1.29, 1.82) is 0 Å². The maximum atomic E-state index is 11.3. The Labute approximate surface area is 158 Å². The van der Waals surface area contributed by atoms with E-state index in [1.54, 1.807) is 0 Å². The van der Waals surface area contributed by atoms with Crippen LogP contribution in [-0.4, -0.2) is 39.4 Å². The van der Waals surface area contributed by atoms with Crippen LogP contribution in [0.3, 0.4) is 0 Å². The lowest BCUT2D eigenvalue weighted by Crippen LogP contribution is -2.24. The van der Waals surface area contributed by atoms with Crippen molar-refractivity contribution in [2.24, 2.45) is 5.73 Å². The highest BCUT2D eigenvalue weighted by molar-refractivity contribution is 6.33. The summed E-state index contributed by atoms with van der Waals surface area (Å²) in [6, 6.07) is 3.72. The highest BCUT2D eigenvalue weighted by Gasteiger charge is 2.22. The van der Waals surface area contributed by atoms with Gasteiger partial charge in [-0.3, -0.25) is 9.59 Å². The molecule has 144 valence electrons. The predicted octanol–water partition coefficient (Wildman–Crippen LogP) is 1.97. The molecule has 0 saturated carbocycles. The molecule has 0 spiro atoms. The third-order valence-corrected chi connectivity index (χ3v) is 4.15. The molecule has 2 atom stereocenters. The predicted molar refractivity (Wildman–Crippen MR) is 95.3 cm³/mol. The van der Waals surface area contributed by atoms with E-state index in [4.69, 9.17) is 27.2 Å². The molecule has 7 N–H and O–H groups in total. The fourth-order valence-electron chi connectivity index (χ4n) is 2.37. The Kier molecular flexibility index (Phi) is 6.11. The molecule has 0 bridgehead atoms. The number of phenols is 2. The fraction of sp³-hybridized carbons (Fsp3) is 0.176. The molecular formula is C17H17ClN2O7. The van der Waals surface area contributed by atoms with Crippen LogP contribution in [0.4, 0.5) is 0 Å². The number of halogens is 1. The zero-order chi connectivity index (χ0) is 20.3. The molecule has 0 radical (unpaired) electrons. The van der Waals surface area contributed by atoms with Gasteiger partial charge in [-0.2, -0.15) is 0 Å². The van der Waals surface area contributed by atoms with Crippen LogP contribution in [0.15, 0.2) is 30.3 Å². The summed E-state index contributed by atoms with van der Waals surface area (Å²) >= 11 is 5.89. The molecule has 2 rings (SSSR count). The Hall–Kier alpha value is -3.01. The maximum absolute atomic E-state index is 11.3. The van der Waals surface area contributed by atoms with Crippen molar-refractivity contribution in [2.75, 3.05) is 7.05 Å². The van der Waals surface area contributed by atoms with Crippen molar-refractivity contribution in [1.82, 2.24) is 5.32 Å². The zero-order valence-corrected chi connectivity index (χ0v) is 14.8. The number of likely N-dealkylation sites (N-methyl/N-ethyl adjacent to an activating group) is 1. The smallest absolute Gasteiger partial charge is 0.325 e. The van der Waals surface area contributed by atoms with Gasteiger partial charge in [0.1, 0.15) is 23.6 Å². The first-order valence-electron chi connectivity index (χ1n) is 7.57. The number of phenolic OH excluding ortho intramolecular Hbond substituents is 2. The summed E-state index contributed by atoms with van der Waals surface area (Å²) in [6.45, 7) is 0. The Morgan fingerprint density at radius 1 is 1.11 bits per heavy atom. The molecule has 0 amide bonds. The van der Waals surface area contributed by atoms with E-state index >= 15 is 0 Å². The Balaban J connectivity index is 2.45. The summed E-state index contributed by atoms with van der Waals surface area (Å²) in [6.07, 6.45) is 0. The van der Waals surface area contributed by atoms with E-state index in [0.29, 0.717) is 5.56 Å². The van der Waals surface area contributed by atoms with E-state index in [1.807, 2.05) is 0 Å². The van der Waals surface area contributed by atoms with Crippen molar-refractivity contribution in [3.63, 3.8) is 0 Å². The molecule has 0 saturated heterocycles. The quantitative estimate of drug-likeness (QED) is 0.410. The zero-order valence-electron chi connectivity index (χ0n) is 14.0. The third kappa shape index (κ3) is 4.40. The number of hydrogen-bond donors (Lipinski definition) is 6. The second kappa shape index (κ2) is 8.12. The van der Waals surface area contributed by atoms with E-state index < -0.39 is 29.8 Å². The fourth-order valence-corrected chi connectivity index (χ4v) is 2.60. The van der Waals surface area contributed by atoms with E-state index in [2.05, 4.69) is 5.32 Å². The summed E-state index contributed by atoms with van der Waals surface area (Å²) in [5, 5.41) is 40.5. The number of nitrogens with two attached hydrogens (primary N) is 1. The number of carboxylic acid groups (broad SMARTS) is 2. The lowest BCUT2D eigenvalue weighted by atomic mass is 10.1. The van der Waals surface area contributed by atoms with Crippen LogP contribution in [0, 0.1) is 0 Å². The molecule has 0 heterocycles. The SMILES string of the molecule is CN[C@@H](C(=O)O)c1ccc(O)c(Oc2cc(O)c(Cl)c([C@H](N)C(=O)O)c2)c1. The average Bonchev–Trinajstić information content (AvgIpc) is 2.60. The van der Waals surface area contributed by atoms with E-state index in [1.165, 1.54) is 31.3 Å². The van der Waals surface area contributed by atoms with Gasteiger partial charge < -0.3 is 36.2 Å². The topological polar surface area (TPSA) is 162 Å². The molecule has 0 aliphatic heterocycles. The number of ether oxygens (including phenoxy) is 1. The minimum atomic E-state index is -1.51. The number of nitrogens with one attached hydrogen (secondary N) is 1. The van der Waals surface area contributed by atoms with Crippen LogP contribution in [-0.2, 0) is 9.59 Å². The van der Waals surface area contributed by atoms with E-state index in [0.717, 1.165) is 6.07 Å². The molecule has 0 aliphatic carbocycles. The molecule has 2 aromatic carbocycles. The van der Waals surface area contributed by atoms with Crippen LogP contribution in [0.2, 0.25) is 5.02 Å². The molecule has 0 aliphatic rings. The normalized spacial score (nSPS) is 13.0. The van der Waals surface area contributed by atoms with Crippen molar-refractivity contribution in [2.45, 2.75) is 12.1 Å².